The fourth-order valence-electron chi connectivity index (χ4n) is 3.62. The van der Waals surface area contributed by atoms with Crippen LogP contribution < -0.4 is 27.0 Å². The van der Waals surface area contributed by atoms with E-state index in [-0.39, 0.29) is 22.0 Å². The Bertz CT molecular complexity index is 1590. The van der Waals surface area contributed by atoms with E-state index in [1.54, 1.807) is 12.1 Å². The van der Waals surface area contributed by atoms with E-state index in [0.717, 1.165) is 12.3 Å². The van der Waals surface area contributed by atoms with Crippen molar-refractivity contribution in [3.8, 4) is 6.07 Å². The van der Waals surface area contributed by atoms with Crippen LogP contribution in [0.3, 0.4) is 0 Å². The molecule has 8 nitrogen and oxygen atoms in total. The van der Waals surface area contributed by atoms with Gasteiger partial charge in [-0.25, -0.2) is 13.8 Å². The Hall–Kier alpha value is -4.53. The average Bonchev–Trinajstić information content (AvgIpc) is 3.43. The maximum absolute atomic E-state index is 13.8. The van der Waals surface area contributed by atoms with E-state index in [1.807, 2.05) is 6.07 Å². The molecule has 12 heteroatoms. The van der Waals surface area contributed by atoms with Gasteiger partial charge in [-0.2, -0.15) is 15.2 Å². The Morgan fingerprint density at radius 1 is 1.06 bits per heavy atom. The van der Waals surface area contributed by atoms with Crippen molar-refractivity contribution in [3.63, 3.8) is 0 Å². The maximum Gasteiger partial charge on any atom is 0.249 e. The van der Waals surface area contributed by atoms with Crippen molar-refractivity contribution in [2.75, 3.05) is 10.6 Å². The van der Waals surface area contributed by atoms with E-state index in [1.165, 1.54) is 36.7 Å². The molecule has 1 aliphatic heterocycles. The summed E-state index contributed by atoms with van der Waals surface area (Å²) in [6.07, 6.45) is 3.91. The summed E-state index contributed by atoms with van der Waals surface area (Å²) in [5, 5.41) is 16.2. The second-order valence-electron chi connectivity index (χ2n) is 7.59. The van der Waals surface area contributed by atoms with E-state index in [9.17, 15) is 19.8 Å². The topological polar surface area (TPSA) is 110 Å². The van der Waals surface area contributed by atoms with Gasteiger partial charge in [-0.15, -0.1) is 0 Å². The van der Waals surface area contributed by atoms with Crippen molar-refractivity contribution in [1.82, 2.24) is 26.4 Å². The van der Waals surface area contributed by atoms with Gasteiger partial charge in [0.15, 0.2) is 5.82 Å². The smallest absolute Gasteiger partial charge is 0.249 e. The molecule has 2 aromatic carbocycles. The molecule has 5 N–H and O–H groups in total. The Morgan fingerprint density at radius 2 is 1.86 bits per heavy atom. The number of nitrogens with one attached hydrogen (secondary N) is 5. The van der Waals surface area contributed by atoms with Crippen LogP contribution >= 0.6 is 11.6 Å². The maximum atomic E-state index is 13.8. The first-order valence-corrected chi connectivity index (χ1v) is 10.8. The number of hydrogen-bond acceptors (Lipinski definition) is 8. The molecule has 0 unspecified atom stereocenters. The number of fused-ring (bicyclic) bond motifs is 1. The minimum absolute atomic E-state index is 0.0935. The van der Waals surface area contributed by atoms with E-state index in [4.69, 9.17) is 11.6 Å². The van der Waals surface area contributed by atoms with Crippen LogP contribution in [-0.2, 0) is 0 Å². The SMILES string of the molecule is [2H][C@](Nc1cc(Cl)c2ncc(C#N)c(Nc3cnc(F)c(F)c3)c2c1)(C1=CNNN1)c1ccc(F)cc1. The van der Waals surface area contributed by atoms with Gasteiger partial charge in [-0.05, 0) is 29.8 Å². The summed E-state index contributed by atoms with van der Waals surface area (Å²) < 4.78 is 50.0. The third-order valence-corrected chi connectivity index (χ3v) is 5.56. The van der Waals surface area contributed by atoms with Crippen molar-refractivity contribution in [2.24, 2.45) is 0 Å². The second kappa shape index (κ2) is 9.61. The number of nitriles is 1. The summed E-state index contributed by atoms with van der Waals surface area (Å²) in [5.41, 5.74) is 10.1. The molecule has 1 atom stereocenters. The van der Waals surface area contributed by atoms with Crippen LogP contribution in [0.2, 0.25) is 5.02 Å². The molecule has 0 saturated carbocycles. The average molecular weight is 510 g/mol. The van der Waals surface area contributed by atoms with E-state index in [0.29, 0.717) is 27.9 Å². The predicted octanol–water partition coefficient (Wildman–Crippen LogP) is 4.92. The molecule has 5 rings (SSSR count). The monoisotopic (exact) mass is 509 g/mol. The minimum Gasteiger partial charge on any atom is -0.373 e. The fraction of sp³-hybridized carbons (Fsp3) is 0.0417. The van der Waals surface area contributed by atoms with Gasteiger partial charge in [0, 0.05) is 29.5 Å². The number of halogens is 4. The lowest BCUT2D eigenvalue weighted by Gasteiger charge is -2.22. The fourth-order valence-corrected chi connectivity index (χ4v) is 3.89. The van der Waals surface area contributed by atoms with Crippen LogP contribution in [0.1, 0.15) is 18.5 Å². The van der Waals surface area contributed by atoms with Crippen LogP contribution in [0.25, 0.3) is 10.9 Å². The molecule has 0 aliphatic carbocycles. The first kappa shape index (κ1) is 22.0. The largest absolute Gasteiger partial charge is 0.373 e. The molecule has 0 spiro atoms. The third kappa shape index (κ3) is 4.55. The van der Waals surface area contributed by atoms with Gasteiger partial charge in [0.25, 0.3) is 0 Å². The van der Waals surface area contributed by atoms with Gasteiger partial charge < -0.3 is 21.5 Å². The van der Waals surface area contributed by atoms with Crippen LogP contribution in [-0.4, -0.2) is 9.97 Å². The quantitative estimate of drug-likeness (QED) is 0.233. The Labute approximate surface area is 209 Å². The zero-order valence-corrected chi connectivity index (χ0v) is 18.9. The predicted molar refractivity (Wildman–Crippen MR) is 129 cm³/mol. The summed E-state index contributed by atoms with van der Waals surface area (Å²) in [5.74, 6) is -2.88. The Morgan fingerprint density at radius 3 is 2.56 bits per heavy atom. The summed E-state index contributed by atoms with van der Waals surface area (Å²) >= 11 is 6.53. The highest BCUT2D eigenvalue weighted by molar-refractivity contribution is 6.36. The first-order chi connectivity index (χ1) is 17.8. The Balaban J connectivity index is 1.63. The van der Waals surface area contributed by atoms with Gasteiger partial charge in [-0.3, -0.25) is 4.98 Å². The number of hydrogen-bond donors (Lipinski definition) is 5. The molecular formula is C24H16ClF3N8. The van der Waals surface area contributed by atoms with Crippen molar-refractivity contribution >= 4 is 39.6 Å². The lowest BCUT2D eigenvalue weighted by atomic mass is 10.0. The van der Waals surface area contributed by atoms with E-state index in [2.05, 4.69) is 37.0 Å². The van der Waals surface area contributed by atoms with Crippen molar-refractivity contribution in [2.45, 2.75) is 6.02 Å². The number of hydrazine groups is 2. The molecule has 180 valence electrons. The van der Waals surface area contributed by atoms with Crippen molar-refractivity contribution in [3.05, 3.63) is 100 Å². The molecule has 4 aromatic rings. The lowest BCUT2D eigenvalue weighted by Crippen LogP contribution is -2.33. The summed E-state index contributed by atoms with van der Waals surface area (Å²) in [6.45, 7) is 0. The lowest BCUT2D eigenvalue weighted by molar-refractivity contribution is 0.480. The van der Waals surface area contributed by atoms with Crippen LogP contribution in [0.4, 0.5) is 30.2 Å². The molecule has 1 aliphatic rings. The molecule has 0 radical (unpaired) electrons. The zero-order valence-electron chi connectivity index (χ0n) is 19.1. The van der Waals surface area contributed by atoms with E-state index >= 15 is 0 Å². The van der Waals surface area contributed by atoms with Gasteiger partial charge in [0.05, 0.1) is 46.8 Å². The number of rotatable bonds is 6. The normalized spacial score (nSPS) is 14.6. The number of nitrogens with zero attached hydrogens (tertiary/aromatic N) is 3. The van der Waals surface area contributed by atoms with Gasteiger partial charge >= 0.3 is 0 Å². The third-order valence-electron chi connectivity index (χ3n) is 5.27. The van der Waals surface area contributed by atoms with Crippen LogP contribution in [0.15, 0.2) is 66.8 Å². The van der Waals surface area contributed by atoms with E-state index < -0.39 is 23.6 Å². The minimum atomic E-state index is -1.64. The van der Waals surface area contributed by atoms with Crippen molar-refractivity contribution in [1.29, 1.82) is 5.26 Å². The van der Waals surface area contributed by atoms with Gasteiger partial charge in [0.2, 0.25) is 5.95 Å². The van der Waals surface area contributed by atoms with Gasteiger partial charge in [0.1, 0.15) is 11.9 Å². The number of benzene rings is 2. The molecular weight excluding hydrogens is 493 g/mol. The standard InChI is InChI=1S/C24H16ClF3N8/c25-18-6-15(33-22(20-11-32-36-35-20)12-1-3-14(26)4-2-12)5-17-21(13(8-29)9-30-23(17)18)34-16-7-19(27)24(28)31-10-16/h1-7,9-11,22,32-33,35-36H,(H,30,34)/t22-/m1/s1/i22D. The van der Waals surface area contributed by atoms with Crippen LogP contribution in [0.5, 0.6) is 0 Å². The summed E-state index contributed by atoms with van der Waals surface area (Å²) in [6, 6.07) is 9.85. The Kier molecular flexibility index (Phi) is 5.87. The highest BCUT2D eigenvalue weighted by atomic mass is 35.5. The molecule has 3 heterocycles. The first-order valence-electron chi connectivity index (χ1n) is 10.9. The number of anilines is 3. The summed E-state index contributed by atoms with van der Waals surface area (Å²) in [7, 11) is 0. The van der Waals surface area contributed by atoms with Crippen molar-refractivity contribution < 1.29 is 14.5 Å². The number of aromatic nitrogens is 2. The van der Waals surface area contributed by atoms with Crippen LogP contribution in [0, 0.1) is 28.9 Å². The summed E-state index contributed by atoms with van der Waals surface area (Å²) in [4.78, 5) is 7.62. The van der Waals surface area contributed by atoms with Gasteiger partial charge in [-0.1, -0.05) is 23.7 Å². The molecule has 0 amide bonds. The number of pyridine rings is 2. The highest BCUT2D eigenvalue weighted by Crippen LogP contribution is 2.36. The molecule has 0 fully saturated rings. The zero-order chi connectivity index (χ0) is 26.2. The highest BCUT2D eigenvalue weighted by Gasteiger charge is 2.21. The molecule has 2 aromatic heterocycles. The second-order valence-corrected chi connectivity index (χ2v) is 8.00. The molecule has 0 bridgehead atoms. The molecule has 0 saturated heterocycles. The molecule has 36 heavy (non-hydrogen) atoms.